The summed E-state index contributed by atoms with van der Waals surface area (Å²) in [6, 6.07) is 2.88. The van der Waals surface area contributed by atoms with Crippen molar-refractivity contribution in [3.8, 4) is 0 Å². The first-order valence-corrected chi connectivity index (χ1v) is 5.06. The number of carbonyl (C=O) groups is 1. The van der Waals surface area contributed by atoms with E-state index in [9.17, 15) is 13.6 Å². The van der Waals surface area contributed by atoms with E-state index >= 15 is 0 Å². The van der Waals surface area contributed by atoms with Gasteiger partial charge in [-0.1, -0.05) is 15.9 Å². The van der Waals surface area contributed by atoms with E-state index in [1.54, 1.807) is 0 Å². The molecule has 1 aromatic carbocycles. The molecule has 0 heterocycles. The van der Waals surface area contributed by atoms with Gasteiger partial charge in [0, 0.05) is 23.5 Å². The minimum atomic E-state index is -0.709. The molecular formula is C9H8BrF2NO. The van der Waals surface area contributed by atoms with Gasteiger partial charge < -0.3 is 5.32 Å². The third-order valence-electron chi connectivity index (χ3n) is 1.47. The quantitative estimate of drug-likeness (QED) is 0.835. The summed E-state index contributed by atoms with van der Waals surface area (Å²) in [5.74, 6) is -1.70. The number of hydrogen-bond acceptors (Lipinski definition) is 1. The van der Waals surface area contributed by atoms with Crippen LogP contribution in [0.3, 0.4) is 0 Å². The number of anilines is 1. The number of hydrogen-bond donors (Lipinski definition) is 1. The van der Waals surface area contributed by atoms with Crippen molar-refractivity contribution >= 4 is 27.5 Å². The number of nitrogens with one attached hydrogen (secondary N) is 1. The Morgan fingerprint density at radius 2 is 1.86 bits per heavy atom. The first kappa shape index (κ1) is 11.1. The van der Waals surface area contributed by atoms with Crippen LogP contribution in [-0.4, -0.2) is 11.2 Å². The Hall–Kier alpha value is -0.970. The molecule has 0 fully saturated rings. The third-order valence-corrected chi connectivity index (χ3v) is 1.86. The zero-order chi connectivity index (χ0) is 10.6. The van der Waals surface area contributed by atoms with Gasteiger partial charge >= 0.3 is 0 Å². The van der Waals surface area contributed by atoms with E-state index in [-0.39, 0.29) is 18.0 Å². The first-order valence-electron chi connectivity index (χ1n) is 3.93. The summed E-state index contributed by atoms with van der Waals surface area (Å²) < 4.78 is 25.3. The molecule has 5 heteroatoms. The fraction of sp³-hybridized carbons (Fsp3) is 0.222. The smallest absolute Gasteiger partial charge is 0.225 e. The first-order chi connectivity index (χ1) is 6.61. The molecular weight excluding hydrogens is 256 g/mol. The lowest BCUT2D eigenvalue weighted by Crippen LogP contribution is -2.11. The minimum absolute atomic E-state index is 0.133. The van der Waals surface area contributed by atoms with Crippen molar-refractivity contribution < 1.29 is 13.6 Å². The summed E-state index contributed by atoms with van der Waals surface area (Å²) in [4.78, 5) is 11.0. The highest BCUT2D eigenvalue weighted by Gasteiger charge is 2.04. The van der Waals surface area contributed by atoms with Crippen LogP contribution in [0.5, 0.6) is 0 Å². The highest BCUT2D eigenvalue weighted by Crippen LogP contribution is 2.13. The number of halogens is 3. The van der Waals surface area contributed by atoms with Gasteiger partial charge in [-0.05, 0) is 12.1 Å². The van der Waals surface area contributed by atoms with Crippen molar-refractivity contribution in [2.75, 3.05) is 10.6 Å². The summed E-state index contributed by atoms with van der Waals surface area (Å²) in [6.07, 6.45) is 0.262. The summed E-state index contributed by atoms with van der Waals surface area (Å²) in [5.41, 5.74) is 0.133. The molecule has 0 aliphatic carbocycles. The Labute approximate surface area is 88.4 Å². The van der Waals surface area contributed by atoms with Crippen LogP contribution in [0.25, 0.3) is 0 Å². The molecule has 0 spiro atoms. The molecule has 1 amide bonds. The van der Waals surface area contributed by atoms with Crippen molar-refractivity contribution in [1.29, 1.82) is 0 Å². The van der Waals surface area contributed by atoms with E-state index in [2.05, 4.69) is 21.2 Å². The zero-order valence-corrected chi connectivity index (χ0v) is 8.77. The molecule has 0 unspecified atom stereocenters. The van der Waals surface area contributed by atoms with Crippen LogP contribution < -0.4 is 5.32 Å². The summed E-state index contributed by atoms with van der Waals surface area (Å²) in [6.45, 7) is 0. The molecule has 1 N–H and O–H groups in total. The van der Waals surface area contributed by atoms with Crippen molar-refractivity contribution in [1.82, 2.24) is 0 Å². The standard InChI is InChI=1S/C9H8BrF2NO/c10-2-1-9(14)13-8-4-6(11)3-7(12)5-8/h3-5H,1-2H2,(H,13,14). The Morgan fingerprint density at radius 1 is 1.29 bits per heavy atom. The van der Waals surface area contributed by atoms with E-state index in [0.29, 0.717) is 5.33 Å². The van der Waals surface area contributed by atoms with Gasteiger partial charge in [0.2, 0.25) is 5.91 Å². The summed E-state index contributed by atoms with van der Waals surface area (Å²) >= 11 is 3.08. The topological polar surface area (TPSA) is 29.1 Å². The van der Waals surface area contributed by atoms with Gasteiger partial charge in [-0.2, -0.15) is 0 Å². The van der Waals surface area contributed by atoms with E-state index in [1.165, 1.54) is 0 Å². The largest absolute Gasteiger partial charge is 0.326 e. The van der Waals surface area contributed by atoms with Crippen LogP contribution in [0.15, 0.2) is 18.2 Å². The fourth-order valence-electron chi connectivity index (χ4n) is 0.935. The molecule has 0 aliphatic heterocycles. The lowest BCUT2D eigenvalue weighted by atomic mass is 10.3. The predicted octanol–water partition coefficient (Wildman–Crippen LogP) is 2.69. The van der Waals surface area contributed by atoms with Gasteiger partial charge in [0.25, 0.3) is 0 Å². The molecule has 0 bridgehead atoms. The number of alkyl halides is 1. The highest BCUT2D eigenvalue weighted by atomic mass is 79.9. The van der Waals surface area contributed by atoms with Gasteiger partial charge in [0.1, 0.15) is 11.6 Å². The number of carbonyl (C=O) groups excluding carboxylic acids is 1. The van der Waals surface area contributed by atoms with Crippen LogP contribution in [0.2, 0.25) is 0 Å². The molecule has 0 saturated heterocycles. The summed E-state index contributed by atoms with van der Waals surface area (Å²) in [7, 11) is 0. The van der Waals surface area contributed by atoms with Gasteiger partial charge in [-0.15, -0.1) is 0 Å². The molecule has 1 rings (SSSR count). The number of amides is 1. The normalized spacial score (nSPS) is 9.93. The third kappa shape index (κ3) is 3.41. The molecule has 0 aromatic heterocycles. The van der Waals surface area contributed by atoms with E-state index < -0.39 is 11.6 Å². The second kappa shape index (κ2) is 5.05. The van der Waals surface area contributed by atoms with E-state index in [4.69, 9.17) is 0 Å². The van der Waals surface area contributed by atoms with Crippen molar-refractivity contribution in [3.63, 3.8) is 0 Å². The van der Waals surface area contributed by atoms with Crippen molar-refractivity contribution in [2.45, 2.75) is 6.42 Å². The fourth-order valence-corrected chi connectivity index (χ4v) is 1.30. The molecule has 76 valence electrons. The summed E-state index contributed by atoms with van der Waals surface area (Å²) in [5, 5.41) is 2.89. The highest BCUT2D eigenvalue weighted by molar-refractivity contribution is 9.09. The van der Waals surface area contributed by atoms with E-state index in [1.807, 2.05) is 0 Å². The van der Waals surface area contributed by atoms with E-state index in [0.717, 1.165) is 18.2 Å². The van der Waals surface area contributed by atoms with Crippen LogP contribution in [0.1, 0.15) is 6.42 Å². The predicted molar refractivity (Wildman–Crippen MR) is 53.4 cm³/mol. The molecule has 0 atom stereocenters. The Kier molecular flexibility index (Phi) is 4.00. The zero-order valence-electron chi connectivity index (χ0n) is 7.19. The molecule has 0 radical (unpaired) electrons. The maximum Gasteiger partial charge on any atom is 0.225 e. The van der Waals surface area contributed by atoms with Gasteiger partial charge in [0.15, 0.2) is 0 Å². The Bertz CT molecular complexity index is 323. The second-order valence-corrected chi connectivity index (χ2v) is 3.44. The second-order valence-electron chi connectivity index (χ2n) is 2.65. The SMILES string of the molecule is O=C(CCBr)Nc1cc(F)cc(F)c1. The van der Waals surface area contributed by atoms with Gasteiger partial charge in [0.05, 0.1) is 0 Å². The lowest BCUT2D eigenvalue weighted by Gasteiger charge is -2.03. The van der Waals surface area contributed by atoms with Crippen LogP contribution in [0.4, 0.5) is 14.5 Å². The lowest BCUT2D eigenvalue weighted by molar-refractivity contribution is -0.115. The van der Waals surface area contributed by atoms with Gasteiger partial charge in [-0.3, -0.25) is 4.79 Å². The van der Waals surface area contributed by atoms with Gasteiger partial charge in [-0.25, -0.2) is 8.78 Å². The Morgan fingerprint density at radius 3 is 2.36 bits per heavy atom. The maximum atomic E-state index is 12.7. The number of benzene rings is 1. The average molecular weight is 264 g/mol. The molecule has 2 nitrogen and oxygen atoms in total. The number of rotatable bonds is 3. The molecule has 0 saturated carbocycles. The van der Waals surface area contributed by atoms with Crippen LogP contribution >= 0.6 is 15.9 Å². The Balaban J connectivity index is 2.71. The molecule has 0 aliphatic rings. The van der Waals surface area contributed by atoms with Crippen molar-refractivity contribution in [3.05, 3.63) is 29.8 Å². The van der Waals surface area contributed by atoms with Crippen LogP contribution in [-0.2, 0) is 4.79 Å². The average Bonchev–Trinajstić information content (AvgIpc) is 2.01. The molecule has 14 heavy (non-hydrogen) atoms. The maximum absolute atomic E-state index is 12.7. The van der Waals surface area contributed by atoms with Crippen LogP contribution in [0, 0.1) is 11.6 Å². The van der Waals surface area contributed by atoms with Crippen molar-refractivity contribution in [2.24, 2.45) is 0 Å². The minimum Gasteiger partial charge on any atom is -0.326 e. The molecule has 1 aromatic rings. The monoisotopic (exact) mass is 263 g/mol.